The van der Waals surface area contributed by atoms with Crippen LogP contribution in [0.5, 0.6) is 0 Å². The molecule has 8 heteroatoms. The van der Waals surface area contributed by atoms with Crippen LogP contribution in [-0.4, -0.2) is 20.7 Å². The Kier molecular flexibility index (Phi) is 3.89. The van der Waals surface area contributed by atoms with E-state index in [1.54, 1.807) is 24.6 Å². The molecular weight excluding hydrogens is 306 g/mol. The fourth-order valence-corrected chi connectivity index (χ4v) is 3.08. The smallest absolute Gasteiger partial charge is 0.169 e. The second-order valence-corrected chi connectivity index (χ2v) is 5.67. The number of thiazole rings is 1. The van der Waals surface area contributed by atoms with E-state index >= 15 is 0 Å². The molecule has 3 rings (SSSR count). The first-order valence-electron chi connectivity index (χ1n) is 6.07. The molecule has 0 saturated heterocycles. The van der Waals surface area contributed by atoms with Crippen LogP contribution in [0.3, 0.4) is 0 Å². The minimum atomic E-state index is 0.613. The molecule has 21 heavy (non-hydrogen) atoms. The molecular formula is C13H11N5OS2. The minimum absolute atomic E-state index is 0.613. The molecule has 3 aromatic heterocycles. The number of fused-ring (bicyclic) bond motifs is 1. The van der Waals surface area contributed by atoms with Gasteiger partial charge in [-0.3, -0.25) is 5.43 Å². The summed E-state index contributed by atoms with van der Waals surface area (Å²) >= 11 is 6.78. The van der Waals surface area contributed by atoms with Crippen LogP contribution in [0.25, 0.3) is 10.3 Å². The highest BCUT2D eigenvalue weighted by atomic mass is 32.1. The highest BCUT2D eigenvalue weighted by molar-refractivity contribution is 7.73. The summed E-state index contributed by atoms with van der Waals surface area (Å²) in [6.45, 7) is 4.34. The molecule has 1 N–H and O–H groups in total. The van der Waals surface area contributed by atoms with Crippen molar-refractivity contribution in [2.24, 2.45) is 5.10 Å². The molecule has 106 valence electrons. The number of hydrogen-bond acceptors (Lipinski definition) is 7. The number of aromatic nitrogens is 3. The van der Waals surface area contributed by atoms with Gasteiger partial charge in [0.2, 0.25) is 0 Å². The molecule has 0 saturated carbocycles. The number of nitrogens with zero attached hydrogens (tertiary/aromatic N) is 4. The summed E-state index contributed by atoms with van der Waals surface area (Å²) in [7, 11) is 0. The Bertz CT molecular complexity index is 847. The van der Waals surface area contributed by atoms with E-state index in [9.17, 15) is 0 Å². The molecule has 0 amide bonds. The monoisotopic (exact) mass is 317 g/mol. The second-order valence-electron chi connectivity index (χ2n) is 4.03. The van der Waals surface area contributed by atoms with Crippen molar-refractivity contribution >= 4 is 45.9 Å². The Balaban J connectivity index is 1.94. The van der Waals surface area contributed by atoms with Gasteiger partial charge >= 0.3 is 0 Å². The standard InChI is InChI=1S/C13H11N5OS2/c1-2-5-18-12-10(21-13(18)20)11(14-8-15-12)17-16-7-9-4-3-6-19-9/h2-4,6-8H,1,5H2,(H,14,15,17)/b16-7+. The molecule has 0 aliphatic carbocycles. The summed E-state index contributed by atoms with van der Waals surface area (Å²) in [4.78, 5) is 8.48. The van der Waals surface area contributed by atoms with Crippen LogP contribution in [0.15, 0.2) is 46.9 Å². The highest BCUT2D eigenvalue weighted by Gasteiger charge is 2.10. The van der Waals surface area contributed by atoms with Crippen LogP contribution in [0.1, 0.15) is 5.76 Å². The van der Waals surface area contributed by atoms with E-state index in [0.29, 0.717) is 18.1 Å². The van der Waals surface area contributed by atoms with Gasteiger partial charge in [-0.05, 0) is 24.4 Å². The van der Waals surface area contributed by atoms with Crippen molar-refractivity contribution in [3.63, 3.8) is 0 Å². The summed E-state index contributed by atoms with van der Waals surface area (Å²) in [5.41, 5.74) is 3.67. The van der Waals surface area contributed by atoms with Crippen molar-refractivity contribution in [1.29, 1.82) is 0 Å². The molecule has 3 aromatic rings. The van der Waals surface area contributed by atoms with Crippen LogP contribution in [-0.2, 0) is 6.54 Å². The van der Waals surface area contributed by atoms with Gasteiger partial charge < -0.3 is 8.98 Å². The van der Waals surface area contributed by atoms with E-state index in [1.165, 1.54) is 17.7 Å². The number of anilines is 1. The maximum absolute atomic E-state index is 5.34. The van der Waals surface area contributed by atoms with Gasteiger partial charge in [0.05, 0.1) is 12.5 Å². The summed E-state index contributed by atoms with van der Waals surface area (Å²) in [5.74, 6) is 1.27. The van der Waals surface area contributed by atoms with E-state index in [0.717, 1.165) is 14.3 Å². The maximum atomic E-state index is 5.34. The molecule has 0 radical (unpaired) electrons. The zero-order chi connectivity index (χ0) is 14.7. The van der Waals surface area contributed by atoms with Gasteiger partial charge in [-0.15, -0.1) is 6.58 Å². The van der Waals surface area contributed by atoms with Gasteiger partial charge in [0.1, 0.15) is 16.8 Å². The Morgan fingerprint density at radius 3 is 3.19 bits per heavy atom. The molecule has 0 aliphatic heterocycles. The Labute approximate surface area is 129 Å². The second kappa shape index (κ2) is 5.98. The Morgan fingerprint density at radius 2 is 2.43 bits per heavy atom. The zero-order valence-corrected chi connectivity index (χ0v) is 12.5. The van der Waals surface area contributed by atoms with Crippen molar-refractivity contribution in [2.75, 3.05) is 5.43 Å². The number of hydrogen-bond donors (Lipinski definition) is 1. The third-order valence-electron chi connectivity index (χ3n) is 2.67. The lowest BCUT2D eigenvalue weighted by Crippen LogP contribution is -1.98. The van der Waals surface area contributed by atoms with Crippen molar-refractivity contribution < 1.29 is 4.42 Å². The molecule has 0 unspecified atom stereocenters. The summed E-state index contributed by atoms with van der Waals surface area (Å²) < 4.78 is 8.66. The molecule has 0 atom stereocenters. The fraction of sp³-hybridized carbons (Fsp3) is 0.0769. The van der Waals surface area contributed by atoms with Crippen molar-refractivity contribution in [3.05, 3.63) is 47.1 Å². The van der Waals surface area contributed by atoms with E-state index in [1.807, 2.05) is 10.6 Å². The van der Waals surface area contributed by atoms with Gasteiger partial charge in [0.15, 0.2) is 15.4 Å². The summed E-state index contributed by atoms with van der Waals surface area (Å²) in [6.07, 6.45) is 6.43. The molecule has 0 fully saturated rings. The van der Waals surface area contributed by atoms with Gasteiger partial charge in [-0.25, -0.2) is 9.97 Å². The van der Waals surface area contributed by atoms with Gasteiger partial charge in [0.25, 0.3) is 0 Å². The number of rotatable bonds is 5. The lowest BCUT2D eigenvalue weighted by molar-refractivity contribution is 0.560. The van der Waals surface area contributed by atoms with E-state index in [2.05, 4.69) is 27.1 Å². The maximum Gasteiger partial charge on any atom is 0.169 e. The van der Waals surface area contributed by atoms with E-state index in [-0.39, 0.29) is 0 Å². The first-order valence-corrected chi connectivity index (χ1v) is 7.30. The molecule has 0 bridgehead atoms. The fourth-order valence-electron chi connectivity index (χ4n) is 1.77. The van der Waals surface area contributed by atoms with Crippen molar-refractivity contribution in [1.82, 2.24) is 14.5 Å². The molecule has 0 spiro atoms. The summed E-state index contributed by atoms with van der Waals surface area (Å²) in [5, 5.41) is 4.10. The number of furan rings is 1. The molecule has 0 aliphatic rings. The quantitative estimate of drug-likeness (QED) is 0.338. The number of nitrogens with one attached hydrogen (secondary N) is 1. The lowest BCUT2D eigenvalue weighted by atomic mass is 10.5. The average molecular weight is 317 g/mol. The SMILES string of the molecule is C=CCn1c(=S)sc2c(N/N=C/c3ccco3)ncnc21. The Morgan fingerprint density at radius 1 is 1.52 bits per heavy atom. The highest BCUT2D eigenvalue weighted by Crippen LogP contribution is 2.26. The topological polar surface area (TPSA) is 68.2 Å². The number of hydrazone groups is 1. The lowest BCUT2D eigenvalue weighted by Gasteiger charge is -2.01. The van der Waals surface area contributed by atoms with Gasteiger partial charge in [-0.2, -0.15) is 5.10 Å². The van der Waals surface area contributed by atoms with Crippen LogP contribution in [0.2, 0.25) is 0 Å². The van der Waals surface area contributed by atoms with Crippen LogP contribution in [0, 0.1) is 3.95 Å². The summed E-state index contributed by atoms with van der Waals surface area (Å²) in [6, 6.07) is 3.61. The predicted molar refractivity (Wildman–Crippen MR) is 86.4 cm³/mol. The first kappa shape index (κ1) is 13.7. The number of allylic oxidation sites excluding steroid dienone is 1. The molecule has 6 nitrogen and oxygen atoms in total. The zero-order valence-electron chi connectivity index (χ0n) is 10.9. The first-order chi connectivity index (χ1) is 10.3. The van der Waals surface area contributed by atoms with Crippen LogP contribution >= 0.6 is 23.6 Å². The van der Waals surface area contributed by atoms with Crippen LogP contribution in [0.4, 0.5) is 5.82 Å². The Hall–Kier alpha value is -2.32. The molecule has 3 heterocycles. The average Bonchev–Trinajstić information content (AvgIpc) is 3.09. The van der Waals surface area contributed by atoms with Gasteiger partial charge in [0, 0.05) is 6.54 Å². The molecule has 0 aromatic carbocycles. The predicted octanol–water partition coefficient (Wildman–Crippen LogP) is 3.45. The largest absolute Gasteiger partial charge is 0.463 e. The van der Waals surface area contributed by atoms with Crippen molar-refractivity contribution in [3.8, 4) is 0 Å². The third kappa shape index (κ3) is 2.76. The van der Waals surface area contributed by atoms with Gasteiger partial charge in [-0.1, -0.05) is 17.4 Å². The third-order valence-corrected chi connectivity index (χ3v) is 4.11. The van der Waals surface area contributed by atoms with E-state index < -0.39 is 0 Å². The normalized spacial score (nSPS) is 11.2. The van der Waals surface area contributed by atoms with Crippen molar-refractivity contribution in [2.45, 2.75) is 6.54 Å². The van der Waals surface area contributed by atoms with E-state index in [4.69, 9.17) is 16.6 Å². The minimum Gasteiger partial charge on any atom is -0.463 e. The van der Waals surface area contributed by atoms with Crippen LogP contribution < -0.4 is 5.43 Å².